The van der Waals surface area contributed by atoms with Crippen molar-refractivity contribution in [3.63, 3.8) is 0 Å². The van der Waals surface area contributed by atoms with E-state index < -0.39 is 0 Å². The minimum atomic E-state index is -0.0631. The Morgan fingerprint density at radius 3 is 2.76 bits per heavy atom. The number of nitrogens with one attached hydrogen (secondary N) is 1. The number of amides is 2. The summed E-state index contributed by atoms with van der Waals surface area (Å²) in [6, 6.07) is 7.90. The Labute approximate surface area is 174 Å². The van der Waals surface area contributed by atoms with Gasteiger partial charge < -0.3 is 19.9 Å². The molecule has 154 valence electrons. The molecule has 0 saturated carbocycles. The van der Waals surface area contributed by atoms with E-state index in [1.54, 1.807) is 0 Å². The van der Waals surface area contributed by atoms with Gasteiger partial charge >= 0.3 is 0 Å². The van der Waals surface area contributed by atoms with Crippen molar-refractivity contribution >= 4 is 29.0 Å². The first-order chi connectivity index (χ1) is 14.2. The fourth-order valence-electron chi connectivity index (χ4n) is 3.63. The van der Waals surface area contributed by atoms with Crippen LogP contribution in [-0.2, 0) is 9.53 Å². The molecule has 2 saturated heterocycles. The molecule has 4 heterocycles. The highest BCUT2D eigenvalue weighted by Crippen LogP contribution is 2.28. The Morgan fingerprint density at radius 1 is 1.17 bits per heavy atom. The third-order valence-corrected chi connectivity index (χ3v) is 6.39. The van der Waals surface area contributed by atoms with Gasteiger partial charge in [-0.05, 0) is 37.1 Å². The molecule has 2 fully saturated rings. The minimum Gasteiger partial charge on any atom is -0.378 e. The van der Waals surface area contributed by atoms with E-state index in [-0.39, 0.29) is 11.8 Å². The molecule has 0 bridgehead atoms. The van der Waals surface area contributed by atoms with E-state index in [4.69, 9.17) is 4.74 Å². The predicted molar refractivity (Wildman–Crippen MR) is 113 cm³/mol. The van der Waals surface area contributed by atoms with Crippen molar-refractivity contribution < 1.29 is 14.3 Å². The fourth-order valence-corrected chi connectivity index (χ4v) is 4.54. The lowest BCUT2D eigenvalue weighted by Crippen LogP contribution is -2.36. The number of hydrogen-bond acceptors (Lipinski definition) is 6. The molecule has 8 heteroatoms. The lowest BCUT2D eigenvalue weighted by atomic mass is 10.2. The molecule has 29 heavy (non-hydrogen) atoms. The third-order valence-electron chi connectivity index (χ3n) is 5.26. The van der Waals surface area contributed by atoms with E-state index in [9.17, 15) is 9.59 Å². The monoisotopic (exact) mass is 414 g/mol. The number of pyridine rings is 1. The highest BCUT2D eigenvalue weighted by molar-refractivity contribution is 7.17. The molecule has 2 aliphatic heterocycles. The SMILES string of the molecule is O=C(NCCCN1CCCC1=O)c1ccc(-c2ccc(N3CCOCC3)nc2)s1. The number of nitrogens with zero attached hydrogens (tertiary/aromatic N) is 3. The molecular formula is C21H26N4O3S. The van der Waals surface area contributed by atoms with E-state index in [1.807, 2.05) is 29.3 Å². The van der Waals surface area contributed by atoms with Gasteiger partial charge in [0.2, 0.25) is 5.91 Å². The van der Waals surface area contributed by atoms with E-state index in [0.29, 0.717) is 17.8 Å². The zero-order valence-electron chi connectivity index (χ0n) is 16.4. The number of thiophene rings is 1. The maximum Gasteiger partial charge on any atom is 0.261 e. The zero-order chi connectivity index (χ0) is 20.1. The van der Waals surface area contributed by atoms with Gasteiger partial charge in [-0.1, -0.05) is 0 Å². The lowest BCUT2D eigenvalue weighted by Gasteiger charge is -2.27. The number of rotatable bonds is 7. The summed E-state index contributed by atoms with van der Waals surface area (Å²) >= 11 is 1.47. The van der Waals surface area contributed by atoms with Crippen molar-refractivity contribution in [2.24, 2.45) is 0 Å². The van der Waals surface area contributed by atoms with Gasteiger partial charge in [-0.3, -0.25) is 9.59 Å². The maximum absolute atomic E-state index is 12.4. The second-order valence-electron chi connectivity index (χ2n) is 7.26. The summed E-state index contributed by atoms with van der Waals surface area (Å²) in [7, 11) is 0. The summed E-state index contributed by atoms with van der Waals surface area (Å²) in [4.78, 5) is 34.4. The van der Waals surface area contributed by atoms with Crippen LogP contribution in [0.2, 0.25) is 0 Å². The smallest absolute Gasteiger partial charge is 0.261 e. The van der Waals surface area contributed by atoms with Gasteiger partial charge in [0.25, 0.3) is 5.91 Å². The summed E-state index contributed by atoms with van der Waals surface area (Å²) in [5.74, 6) is 1.13. The van der Waals surface area contributed by atoms with Gasteiger partial charge in [0, 0.05) is 55.8 Å². The molecule has 7 nitrogen and oxygen atoms in total. The molecule has 1 N–H and O–H groups in total. The van der Waals surface area contributed by atoms with E-state index in [2.05, 4.69) is 21.3 Å². The summed E-state index contributed by atoms with van der Waals surface area (Å²) < 4.78 is 5.38. The molecular weight excluding hydrogens is 388 g/mol. The van der Waals surface area contributed by atoms with Crippen LogP contribution in [0, 0.1) is 0 Å². The normalized spacial score (nSPS) is 17.0. The first-order valence-corrected chi connectivity index (χ1v) is 11.0. The molecule has 0 atom stereocenters. The van der Waals surface area contributed by atoms with Crippen LogP contribution >= 0.6 is 11.3 Å². The Morgan fingerprint density at radius 2 is 2.03 bits per heavy atom. The minimum absolute atomic E-state index is 0.0631. The van der Waals surface area contributed by atoms with Crippen LogP contribution in [0.15, 0.2) is 30.5 Å². The second-order valence-corrected chi connectivity index (χ2v) is 8.35. The van der Waals surface area contributed by atoms with E-state index in [0.717, 1.165) is 68.5 Å². The molecule has 0 radical (unpaired) electrons. The van der Waals surface area contributed by atoms with Crippen molar-refractivity contribution in [3.05, 3.63) is 35.3 Å². The molecule has 2 aliphatic rings. The molecule has 0 spiro atoms. The first kappa shape index (κ1) is 19.8. The van der Waals surface area contributed by atoms with Gasteiger partial charge in [-0.15, -0.1) is 11.3 Å². The number of carbonyl (C=O) groups excluding carboxylic acids is 2. The highest BCUT2D eigenvalue weighted by Gasteiger charge is 2.19. The quantitative estimate of drug-likeness (QED) is 0.704. The maximum atomic E-state index is 12.4. The Kier molecular flexibility index (Phi) is 6.41. The lowest BCUT2D eigenvalue weighted by molar-refractivity contribution is -0.127. The summed E-state index contributed by atoms with van der Waals surface area (Å²) in [6.45, 7) is 5.34. The van der Waals surface area contributed by atoms with Crippen LogP contribution in [0.25, 0.3) is 10.4 Å². The average molecular weight is 415 g/mol. The number of ether oxygens (including phenoxy) is 1. The molecule has 2 aromatic heterocycles. The van der Waals surface area contributed by atoms with Gasteiger partial charge in [-0.25, -0.2) is 4.98 Å². The molecule has 2 aromatic rings. The van der Waals surface area contributed by atoms with Crippen LogP contribution in [-0.4, -0.2) is 67.6 Å². The van der Waals surface area contributed by atoms with Crippen molar-refractivity contribution in [2.45, 2.75) is 19.3 Å². The van der Waals surface area contributed by atoms with Crippen LogP contribution in [0.1, 0.15) is 28.9 Å². The number of likely N-dealkylation sites (tertiary alicyclic amines) is 1. The summed E-state index contributed by atoms with van der Waals surface area (Å²) in [5.41, 5.74) is 1.01. The van der Waals surface area contributed by atoms with Gasteiger partial charge in [-0.2, -0.15) is 0 Å². The summed E-state index contributed by atoms with van der Waals surface area (Å²) in [5, 5.41) is 2.95. The van der Waals surface area contributed by atoms with Crippen LogP contribution in [0.3, 0.4) is 0 Å². The van der Waals surface area contributed by atoms with Gasteiger partial charge in [0.1, 0.15) is 5.82 Å². The van der Waals surface area contributed by atoms with Crippen molar-refractivity contribution in [3.8, 4) is 10.4 Å². The van der Waals surface area contributed by atoms with Gasteiger partial charge in [0.15, 0.2) is 0 Å². The highest BCUT2D eigenvalue weighted by atomic mass is 32.1. The zero-order valence-corrected chi connectivity index (χ0v) is 17.2. The van der Waals surface area contributed by atoms with Crippen LogP contribution < -0.4 is 10.2 Å². The standard InChI is InChI=1S/C21H26N4O3S/c26-20-3-1-9-25(20)10-2-8-22-21(27)18-6-5-17(29-18)16-4-7-19(23-15-16)24-11-13-28-14-12-24/h4-7,15H,1-3,8-14H2,(H,22,27). The van der Waals surface area contributed by atoms with E-state index >= 15 is 0 Å². The molecule has 2 amide bonds. The Hall–Kier alpha value is -2.45. The number of anilines is 1. The predicted octanol–water partition coefficient (Wildman–Crippen LogP) is 2.39. The number of aromatic nitrogens is 1. The molecule has 0 aromatic carbocycles. The first-order valence-electron chi connectivity index (χ1n) is 10.2. The molecule has 0 aliphatic carbocycles. The largest absolute Gasteiger partial charge is 0.378 e. The number of carbonyl (C=O) groups is 2. The topological polar surface area (TPSA) is 74.8 Å². The second kappa shape index (κ2) is 9.37. The molecule has 0 unspecified atom stereocenters. The fraction of sp³-hybridized carbons (Fsp3) is 0.476. The van der Waals surface area contributed by atoms with E-state index in [1.165, 1.54) is 11.3 Å². The van der Waals surface area contributed by atoms with Crippen molar-refractivity contribution in [1.82, 2.24) is 15.2 Å². The average Bonchev–Trinajstić information content (AvgIpc) is 3.41. The Bertz CT molecular complexity index is 846. The number of morpholine rings is 1. The van der Waals surface area contributed by atoms with Crippen LogP contribution in [0.5, 0.6) is 0 Å². The van der Waals surface area contributed by atoms with Crippen molar-refractivity contribution in [1.29, 1.82) is 0 Å². The number of hydrogen-bond donors (Lipinski definition) is 1. The third kappa shape index (κ3) is 4.94. The molecule has 4 rings (SSSR count). The van der Waals surface area contributed by atoms with Crippen molar-refractivity contribution in [2.75, 3.05) is 50.8 Å². The van der Waals surface area contributed by atoms with Crippen LogP contribution in [0.4, 0.5) is 5.82 Å². The Balaban J connectivity index is 1.28. The summed E-state index contributed by atoms with van der Waals surface area (Å²) in [6.07, 6.45) is 4.26. The van der Waals surface area contributed by atoms with Gasteiger partial charge in [0.05, 0.1) is 18.1 Å².